The Morgan fingerprint density at radius 3 is 1.68 bits per heavy atom. The van der Waals surface area contributed by atoms with E-state index in [4.69, 9.17) is 44.6 Å². The summed E-state index contributed by atoms with van der Waals surface area (Å²) in [5.74, 6) is 0.964. The largest absolute Gasteiger partial charge is 2.00 e. The first-order chi connectivity index (χ1) is 9.15. The third-order valence-electron chi connectivity index (χ3n) is 1.19. The van der Waals surface area contributed by atoms with Gasteiger partial charge >= 0.3 is 46.1 Å². The second kappa shape index (κ2) is 49.7. The summed E-state index contributed by atoms with van der Waals surface area (Å²) in [6, 6.07) is 0. The van der Waals surface area contributed by atoms with Crippen LogP contribution in [0.3, 0.4) is 0 Å². The maximum absolute atomic E-state index is 8.65. The quantitative estimate of drug-likeness (QED) is 0.127. The molecular formula is C12H22Cl4I2Mg2O2. The zero-order chi connectivity index (χ0) is 16.1. The molecule has 1 aliphatic rings. The van der Waals surface area contributed by atoms with E-state index in [2.05, 4.69) is 63.5 Å². The van der Waals surface area contributed by atoms with E-state index in [1.54, 1.807) is 6.08 Å². The van der Waals surface area contributed by atoms with Crippen LogP contribution in [-0.2, 0) is 4.74 Å². The van der Waals surface area contributed by atoms with Gasteiger partial charge in [0.2, 0.25) is 0 Å². The van der Waals surface area contributed by atoms with Crippen LogP contribution in [0.15, 0.2) is 31.3 Å². The van der Waals surface area contributed by atoms with E-state index in [-0.39, 0.29) is 61.4 Å². The van der Waals surface area contributed by atoms with Gasteiger partial charge < -0.3 is 31.7 Å². The Hall–Kier alpha value is 3.29. The molecule has 1 saturated heterocycles. The first-order valence-electron chi connectivity index (χ1n) is 4.94. The number of halogens is 6. The molecular weight excluding hydrogens is 620 g/mol. The van der Waals surface area contributed by atoms with Gasteiger partial charge in [0.25, 0.3) is 0 Å². The number of ether oxygens (including phenoxy) is 1. The molecule has 0 aromatic carbocycles. The van der Waals surface area contributed by atoms with Crippen molar-refractivity contribution in [3.05, 3.63) is 37.9 Å². The second-order valence-electron chi connectivity index (χ2n) is 2.60. The van der Waals surface area contributed by atoms with E-state index < -0.39 is 6.10 Å². The zero-order valence-corrected chi connectivity index (χ0v) is 22.5. The average Bonchev–Trinajstić information content (AvgIpc) is 3.29. The maximum atomic E-state index is 8.65. The standard InChI is InChI=1S/C5H9ClO.C3H5ClO.C2H3Cl.C2H3.ClH.I2.2Mg.2H/c1-2-3-5(7)4-6;4-1-3-2-5-3;1-2-3;1-2;;1-2;;;;/h2,5,7H,1,3-4H2;3H,1-2H2;2H,1H2;1H,2H2;1H;;;;;/q;;;-1;;;2*+2;2*-1/p-1/t5-;3-;;;;;;;;/m10......../s1. The van der Waals surface area contributed by atoms with Crippen LogP contribution in [-0.4, -0.2) is 81.8 Å². The Morgan fingerprint density at radius 1 is 1.32 bits per heavy atom. The topological polar surface area (TPSA) is 32.8 Å². The molecule has 0 amide bonds. The molecule has 0 bridgehead atoms. The Labute approximate surface area is 215 Å². The summed E-state index contributed by atoms with van der Waals surface area (Å²) < 4.78 is 4.73. The minimum atomic E-state index is -0.404. The Morgan fingerprint density at radius 2 is 1.64 bits per heavy atom. The average molecular weight is 643 g/mol. The van der Waals surface area contributed by atoms with Gasteiger partial charge in [-0.1, -0.05) is 24.3 Å². The van der Waals surface area contributed by atoms with Crippen LogP contribution >= 0.6 is 72.0 Å². The molecule has 1 aliphatic heterocycles. The molecule has 0 radical (unpaired) electrons. The molecule has 1 heterocycles. The molecule has 1 fully saturated rings. The molecule has 0 unspecified atom stereocenters. The van der Waals surface area contributed by atoms with Crippen LogP contribution in [0.1, 0.15) is 9.27 Å². The minimum absolute atomic E-state index is 0. The normalized spacial score (nSPS) is 13.1. The van der Waals surface area contributed by atoms with E-state index >= 15 is 0 Å². The van der Waals surface area contributed by atoms with Crippen molar-refractivity contribution in [1.82, 2.24) is 0 Å². The summed E-state index contributed by atoms with van der Waals surface area (Å²) in [5.41, 5.74) is 1.22. The Balaban J connectivity index is -0.0000000172. The Bertz CT molecular complexity index is 193. The van der Waals surface area contributed by atoms with E-state index in [0.29, 0.717) is 24.3 Å². The van der Waals surface area contributed by atoms with Crippen molar-refractivity contribution in [2.24, 2.45) is 0 Å². The van der Waals surface area contributed by atoms with Crippen LogP contribution in [0.25, 0.3) is 0 Å². The second-order valence-corrected chi connectivity index (χ2v) is 3.52. The van der Waals surface area contributed by atoms with Gasteiger partial charge in [0.1, 0.15) is 0 Å². The molecule has 0 spiro atoms. The van der Waals surface area contributed by atoms with Gasteiger partial charge in [0.15, 0.2) is 0 Å². The van der Waals surface area contributed by atoms with E-state index in [1.165, 1.54) is 5.54 Å². The predicted octanol–water partition coefficient (Wildman–Crippen LogP) is 2.00. The number of aliphatic hydroxyl groups is 1. The zero-order valence-electron chi connectivity index (χ0n) is 14.4. The SMILES string of the molecule is C=CC[C@@H](O)CCl.C=CCl.ClC[C@H]1CO1.II.[CH-]=C.[Cl-].[H-].[H-].[Mg+2].[Mg+2]. The summed E-state index contributed by atoms with van der Waals surface area (Å²) in [5, 5.41) is 8.65. The van der Waals surface area contributed by atoms with E-state index in [0.717, 1.165) is 6.61 Å². The van der Waals surface area contributed by atoms with Gasteiger partial charge in [-0.05, 0) is 12.0 Å². The number of hydrogen-bond acceptors (Lipinski definition) is 2. The molecule has 1 N–H and O–H groups in total. The molecule has 1 rings (SSSR count). The summed E-state index contributed by atoms with van der Waals surface area (Å²) in [6.07, 6.45) is 2.23. The van der Waals surface area contributed by atoms with Crippen molar-refractivity contribution in [3.8, 4) is 0 Å². The maximum Gasteiger partial charge on any atom is 2.00 e. The van der Waals surface area contributed by atoms with Crippen molar-refractivity contribution >= 4 is 118 Å². The van der Waals surface area contributed by atoms with Gasteiger partial charge in [-0.25, -0.2) is 0 Å². The van der Waals surface area contributed by atoms with Gasteiger partial charge in [0, 0.05) is 43.1 Å². The van der Waals surface area contributed by atoms with Crippen LogP contribution in [0.4, 0.5) is 0 Å². The van der Waals surface area contributed by atoms with Crippen LogP contribution < -0.4 is 12.4 Å². The summed E-state index contributed by atoms with van der Waals surface area (Å²) in [4.78, 5) is 0. The Kier molecular flexibility index (Phi) is 101. The fourth-order valence-electron chi connectivity index (χ4n) is 0.413. The number of hydrogen-bond donors (Lipinski definition) is 1. The van der Waals surface area contributed by atoms with E-state index in [1.807, 2.05) is 0 Å². The molecule has 2 nitrogen and oxygen atoms in total. The van der Waals surface area contributed by atoms with Crippen molar-refractivity contribution < 1.29 is 25.1 Å². The van der Waals surface area contributed by atoms with Gasteiger partial charge in [-0.15, -0.1) is 29.8 Å². The van der Waals surface area contributed by atoms with Gasteiger partial charge in [-0.2, -0.15) is 0 Å². The predicted molar refractivity (Wildman–Crippen MR) is 120 cm³/mol. The third-order valence-corrected chi connectivity index (χ3v) is 1.89. The van der Waals surface area contributed by atoms with Crippen molar-refractivity contribution in [3.63, 3.8) is 0 Å². The van der Waals surface area contributed by atoms with Gasteiger partial charge in [0.05, 0.1) is 24.7 Å². The molecule has 2 atom stereocenters. The molecule has 0 aromatic rings. The molecule has 128 valence electrons. The van der Waals surface area contributed by atoms with Crippen LogP contribution in [0.5, 0.6) is 0 Å². The van der Waals surface area contributed by atoms with Crippen LogP contribution in [0, 0.1) is 6.58 Å². The number of epoxide rings is 1. The summed E-state index contributed by atoms with van der Waals surface area (Å²) in [6.45, 7) is 14.4. The molecule has 10 heteroatoms. The van der Waals surface area contributed by atoms with Crippen molar-refractivity contribution in [2.45, 2.75) is 18.6 Å². The fourth-order valence-corrected chi connectivity index (χ4v) is 0.717. The summed E-state index contributed by atoms with van der Waals surface area (Å²) >= 11 is 19.5. The van der Waals surface area contributed by atoms with Gasteiger partial charge in [-0.3, -0.25) is 6.58 Å². The fraction of sp³-hybridized carbons (Fsp3) is 0.500. The third kappa shape index (κ3) is 65.5. The number of aliphatic hydroxyl groups excluding tert-OH is 1. The smallest absolute Gasteiger partial charge is 1.00 e. The van der Waals surface area contributed by atoms with Crippen molar-refractivity contribution in [1.29, 1.82) is 0 Å². The van der Waals surface area contributed by atoms with E-state index in [9.17, 15) is 0 Å². The number of rotatable bonds is 4. The first kappa shape index (κ1) is 44.6. The first-order valence-corrected chi connectivity index (χ1v) is 12.7. The molecule has 0 aromatic heterocycles. The molecule has 0 aliphatic carbocycles. The minimum Gasteiger partial charge on any atom is -1.00 e. The number of alkyl halides is 2. The van der Waals surface area contributed by atoms with Crippen molar-refractivity contribution in [2.75, 3.05) is 18.4 Å². The summed E-state index contributed by atoms with van der Waals surface area (Å²) in [7, 11) is 0. The molecule has 22 heavy (non-hydrogen) atoms. The molecule has 0 saturated carbocycles. The van der Waals surface area contributed by atoms with Crippen LogP contribution in [0.2, 0.25) is 0 Å². The monoisotopic (exact) mass is 640 g/mol.